The summed E-state index contributed by atoms with van der Waals surface area (Å²) >= 11 is 0. The number of benzene rings is 2. The standard InChI is InChI=1S/C61H92N8O11/c1-14-39(8)48-59(77)66(11)49(37(4)5)54(72)62-44(33-36(2)3)57(75)68(13)51(40(9)70)61(79)80-52(43-29-22-17-23-30-43)60(78)67(12)50(38(6)7)55(73)63-45(34-41-25-18-15-19-26-41)56(74)65(10)47(35-42-27-20-16-21-28-42)58(76)69-32-24-31-46(69)53(71)64-48/h15-16,18-21,25-28,36-40,43-52,70H,14,17,22-24,29-35H2,1-13H3,(H,62,72)(H,63,73)(H,64,71)/t39-,40+,44-,45-,46-,47-,48-,49-,50-,51-,52?/m0/s1. The number of esters is 1. The average Bonchev–Trinajstić information content (AvgIpc) is 3.99. The van der Waals surface area contributed by atoms with E-state index in [4.69, 9.17) is 4.74 Å². The first-order valence-corrected chi connectivity index (χ1v) is 29.1. The van der Waals surface area contributed by atoms with Crippen LogP contribution in [-0.4, -0.2) is 178 Å². The molecule has 3 aliphatic rings. The smallest absolute Gasteiger partial charge is 0.332 e. The quantitative estimate of drug-likeness (QED) is 0.216. The van der Waals surface area contributed by atoms with Crippen molar-refractivity contribution < 1.29 is 53.0 Å². The minimum atomic E-state index is -1.65. The fourth-order valence-electron chi connectivity index (χ4n) is 11.9. The number of cyclic esters (lactones) is 1. The highest BCUT2D eigenvalue weighted by atomic mass is 16.6. The van der Waals surface area contributed by atoms with Crippen molar-refractivity contribution in [3.63, 3.8) is 0 Å². The Morgan fingerprint density at radius 3 is 1.56 bits per heavy atom. The number of aliphatic hydroxyl groups excluding tert-OH is 1. The molecule has 442 valence electrons. The summed E-state index contributed by atoms with van der Waals surface area (Å²) in [6.07, 6.45) is 1.80. The van der Waals surface area contributed by atoms with Gasteiger partial charge in [-0.15, -0.1) is 0 Å². The van der Waals surface area contributed by atoms with Gasteiger partial charge in [0.2, 0.25) is 41.4 Å². The SMILES string of the molecule is CC[C@H](C)[C@@H]1NC(=O)[C@@H]2CCCN2C(=O)[C@H](Cc2ccccc2)N(C)C(=O)[C@H](Cc2ccccc2)NC(=O)[C@H](C(C)C)N(C)C(=O)C(C2CCCCC2)OC(=O)[C@H]([C@@H](C)O)N(C)C(=O)[C@H](CC(C)C)NC(=O)[C@H](C(C)C)N(C)C1=O. The van der Waals surface area contributed by atoms with Crippen molar-refractivity contribution in [1.29, 1.82) is 0 Å². The van der Waals surface area contributed by atoms with Crippen LogP contribution in [-0.2, 0) is 60.7 Å². The molecule has 2 heterocycles. The van der Waals surface area contributed by atoms with Gasteiger partial charge in [0.15, 0.2) is 12.1 Å². The number of carbonyl (C=O) groups excluding carboxylic acids is 9. The van der Waals surface area contributed by atoms with Crippen molar-refractivity contribution in [2.75, 3.05) is 34.7 Å². The minimum Gasteiger partial charge on any atom is -0.450 e. The van der Waals surface area contributed by atoms with E-state index in [-0.39, 0.29) is 38.1 Å². The Balaban J connectivity index is 1.69. The highest BCUT2D eigenvalue weighted by Gasteiger charge is 2.47. The third-order valence-electron chi connectivity index (χ3n) is 16.6. The molecule has 5 rings (SSSR count). The molecule has 80 heavy (non-hydrogen) atoms. The van der Waals surface area contributed by atoms with Crippen LogP contribution in [0.15, 0.2) is 60.7 Å². The fraction of sp³-hybridized carbons (Fsp3) is 0.656. The predicted octanol–water partition coefficient (Wildman–Crippen LogP) is 4.52. The molecule has 3 fully saturated rings. The molecule has 19 heteroatoms. The van der Waals surface area contributed by atoms with Crippen molar-refractivity contribution >= 4 is 53.2 Å². The number of likely N-dealkylation sites (N-methyl/N-ethyl adjacent to an activating group) is 4. The van der Waals surface area contributed by atoms with Crippen LogP contribution in [0.3, 0.4) is 0 Å². The summed E-state index contributed by atoms with van der Waals surface area (Å²) in [5.74, 6) is -8.22. The number of fused-ring (bicyclic) bond motifs is 1. The highest BCUT2D eigenvalue weighted by molar-refractivity contribution is 5.99. The Hall–Kier alpha value is -6.37. The molecule has 19 nitrogen and oxygen atoms in total. The van der Waals surface area contributed by atoms with Gasteiger partial charge in [-0.25, -0.2) is 4.79 Å². The van der Waals surface area contributed by atoms with Gasteiger partial charge in [-0.3, -0.25) is 38.4 Å². The number of hydrogen-bond donors (Lipinski definition) is 4. The Morgan fingerprint density at radius 2 is 1.05 bits per heavy atom. The number of nitrogens with zero attached hydrogens (tertiary/aromatic N) is 5. The van der Waals surface area contributed by atoms with Crippen molar-refractivity contribution in [2.45, 2.75) is 193 Å². The summed E-state index contributed by atoms with van der Waals surface area (Å²) < 4.78 is 6.21. The van der Waals surface area contributed by atoms with Crippen molar-refractivity contribution in [3.05, 3.63) is 71.8 Å². The van der Waals surface area contributed by atoms with Gasteiger partial charge in [-0.1, -0.05) is 142 Å². The second kappa shape index (κ2) is 29.4. The monoisotopic (exact) mass is 1110 g/mol. The lowest BCUT2D eigenvalue weighted by atomic mass is 9.84. The van der Waals surface area contributed by atoms with E-state index < -0.39 is 137 Å². The van der Waals surface area contributed by atoms with Crippen LogP contribution in [0.25, 0.3) is 0 Å². The summed E-state index contributed by atoms with van der Waals surface area (Å²) in [4.78, 5) is 141. The molecule has 0 aromatic heterocycles. The van der Waals surface area contributed by atoms with Crippen molar-refractivity contribution in [3.8, 4) is 0 Å². The van der Waals surface area contributed by atoms with E-state index in [1.165, 1.54) is 54.7 Å². The molecule has 1 saturated carbocycles. The van der Waals surface area contributed by atoms with Gasteiger partial charge >= 0.3 is 5.97 Å². The largest absolute Gasteiger partial charge is 0.450 e. The maximum absolute atomic E-state index is 15.3. The summed E-state index contributed by atoms with van der Waals surface area (Å²) in [5.41, 5.74) is 1.44. The van der Waals surface area contributed by atoms with Crippen LogP contribution in [0.1, 0.15) is 131 Å². The first-order valence-electron chi connectivity index (χ1n) is 29.1. The van der Waals surface area contributed by atoms with Gasteiger partial charge < -0.3 is 50.3 Å². The van der Waals surface area contributed by atoms with E-state index in [1.807, 2.05) is 88.4 Å². The third-order valence-corrected chi connectivity index (χ3v) is 16.6. The molecule has 1 aliphatic carbocycles. The Kier molecular flexibility index (Phi) is 23.7. The molecule has 8 amide bonds. The van der Waals surface area contributed by atoms with Crippen LogP contribution in [0.4, 0.5) is 0 Å². The van der Waals surface area contributed by atoms with Crippen LogP contribution in [0.2, 0.25) is 0 Å². The molecule has 11 atom stereocenters. The number of hydrogen-bond acceptors (Lipinski definition) is 11. The Morgan fingerprint density at radius 1 is 0.550 bits per heavy atom. The topological polar surface area (TPSA) is 235 Å². The summed E-state index contributed by atoms with van der Waals surface area (Å²) in [6, 6.07) is 8.36. The number of amides is 8. The normalized spacial score (nSPS) is 27.5. The first-order chi connectivity index (χ1) is 37.8. The van der Waals surface area contributed by atoms with E-state index in [2.05, 4.69) is 16.0 Å². The molecular formula is C61H92N8O11. The molecule has 2 aliphatic heterocycles. The van der Waals surface area contributed by atoms with Gasteiger partial charge in [0.05, 0.1) is 6.10 Å². The van der Waals surface area contributed by atoms with Gasteiger partial charge in [0.1, 0.15) is 42.3 Å². The molecule has 0 radical (unpaired) electrons. The molecule has 2 aromatic rings. The van der Waals surface area contributed by atoms with Gasteiger partial charge in [0.25, 0.3) is 5.91 Å². The maximum atomic E-state index is 15.3. The van der Waals surface area contributed by atoms with Crippen LogP contribution in [0.5, 0.6) is 0 Å². The number of ether oxygens (including phenoxy) is 1. The predicted molar refractivity (Wildman–Crippen MR) is 304 cm³/mol. The summed E-state index contributed by atoms with van der Waals surface area (Å²) in [5, 5.41) is 20.2. The lowest BCUT2D eigenvalue weighted by Crippen LogP contribution is -2.62. The fourth-order valence-corrected chi connectivity index (χ4v) is 11.9. The maximum Gasteiger partial charge on any atom is 0.332 e. The van der Waals surface area contributed by atoms with Crippen LogP contribution < -0.4 is 16.0 Å². The summed E-state index contributed by atoms with van der Waals surface area (Å²) in [6.45, 7) is 15.9. The number of nitrogens with one attached hydrogen (secondary N) is 3. The van der Waals surface area contributed by atoms with E-state index in [9.17, 15) is 29.1 Å². The van der Waals surface area contributed by atoms with Crippen molar-refractivity contribution in [2.24, 2.45) is 29.6 Å². The zero-order valence-electron chi connectivity index (χ0n) is 49.7. The minimum absolute atomic E-state index is 0.00475. The number of aliphatic hydroxyl groups is 1. The van der Waals surface area contributed by atoms with Gasteiger partial charge in [0, 0.05) is 53.5 Å². The lowest BCUT2D eigenvalue weighted by molar-refractivity contribution is -0.174. The average molecular weight is 1110 g/mol. The number of rotatable bonds is 12. The van der Waals surface area contributed by atoms with Crippen molar-refractivity contribution in [1.82, 2.24) is 40.4 Å². The summed E-state index contributed by atoms with van der Waals surface area (Å²) in [7, 11) is 5.75. The second-order valence-electron chi connectivity index (χ2n) is 23.8. The molecule has 2 saturated heterocycles. The van der Waals surface area contributed by atoms with Gasteiger partial charge in [-0.05, 0) is 73.8 Å². The molecule has 1 unspecified atom stereocenters. The zero-order chi connectivity index (χ0) is 59.3. The molecule has 0 spiro atoms. The lowest BCUT2D eigenvalue weighted by Gasteiger charge is -2.38. The molecular weight excluding hydrogens is 1020 g/mol. The number of carbonyl (C=O) groups is 9. The molecule has 2 aromatic carbocycles. The van der Waals surface area contributed by atoms with E-state index >= 15 is 19.2 Å². The molecule has 4 N–H and O–H groups in total. The van der Waals surface area contributed by atoms with Gasteiger partial charge in [-0.2, -0.15) is 0 Å². The van der Waals surface area contributed by atoms with E-state index in [0.29, 0.717) is 31.2 Å². The van der Waals surface area contributed by atoms with Crippen LogP contribution in [0, 0.1) is 29.6 Å². The zero-order valence-corrected chi connectivity index (χ0v) is 49.7. The third kappa shape index (κ3) is 16.0. The van der Waals surface area contributed by atoms with E-state index in [1.54, 1.807) is 27.7 Å². The second-order valence-corrected chi connectivity index (χ2v) is 23.8. The first kappa shape index (κ1) is 64.5. The van der Waals surface area contributed by atoms with Crippen LogP contribution >= 0.6 is 0 Å². The van der Waals surface area contributed by atoms with E-state index in [0.717, 1.165) is 29.7 Å². The Labute approximate surface area is 474 Å². The molecule has 0 bridgehead atoms. The highest BCUT2D eigenvalue weighted by Crippen LogP contribution is 2.31. The Bertz CT molecular complexity index is 2450.